The smallest absolute Gasteiger partial charge is 0.312 e. The quantitative estimate of drug-likeness (QED) is 0.493. The van der Waals surface area contributed by atoms with E-state index in [1.807, 2.05) is 0 Å². The van der Waals surface area contributed by atoms with Gasteiger partial charge in [-0.1, -0.05) is 0 Å². The fourth-order valence-corrected chi connectivity index (χ4v) is 1.49. The van der Waals surface area contributed by atoms with Crippen molar-refractivity contribution in [2.45, 2.75) is 12.1 Å². The number of hydrogen-bond donors (Lipinski definition) is 0. The summed E-state index contributed by atoms with van der Waals surface area (Å²) in [5.74, 6) is -1.57. The summed E-state index contributed by atoms with van der Waals surface area (Å²) in [6.45, 7) is -0.619. The molecule has 0 aromatic carbocycles. The summed E-state index contributed by atoms with van der Waals surface area (Å²) in [5, 5.41) is 0. The molecular weight excluding hydrogens is 215 g/mol. The Hall–Kier alpha value is -0.690. The van der Waals surface area contributed by atoms with Crippen molar-refractivity contribution in [2.75, 3.05) is 20.0 Å². The molecule has 1 aliphatic rings. The van der Waals surface area contributed by atoms with Crippen LogP contribution >= 0.6 is 0 Å². The van der Waals surface area contributed by atoms with Gasteiger partial charge in [-0.25, -0.2) is 4.39 Å². The molecule has 82 valence electrons. The molecule has 0 aromatic rings. The maximum Gasteiger partial charge on any atom is 0.312 e. The van der Waals surface area contributed by atoms with E-state index < -0.39 is 34.3 Å². The van der Waals surface area contributed by atoms with Crippen LogP contribution < -0.4 is 0 Å². The normalized spacial score (nSPS) is 31.2. The molecule has 0 spiro atoms. The van der Waals surface area contributed by atoms with Gasteiger partial charge in [0.1, 0.15) is 12.3 Å². The van der Waals surface area contributed by atoms with E-state index >= 15 is 0 Å². The Labute approximate surface area is 81.3 Å². The Morgan fingerprint density at radius 3 is 2.64 bits per heavy atom. The number of esters is 1. The zero-order valence-electron chi connectivity index (χ0n) is 7.82. The minimum Gasteiger partial charge on any atom is -0.469 e. The highest BCUT2D eigenvalue weighted by Gasteiger charge is 2.61. The molecule has 0 N–H and O–H groups in total. The first-order valence-electron chi connectivity index (χ1n) is 3.90. The van der Waals surface area contributed by atoms with Crippen LogP contribution in [0.5, 0.6) is 0 Å². The molecule has 7 heteroatoms. The summed E-state index contributed by atoms with van der Waals surface area (Å²) in [6, 6.07) is 0. The number of ether oxygens (including phenoxy) is 1. The van der Waals surface area contributed by atoms with Crippen molar-refractivity contribution in [2.24, 2.45) is 5.92 Å². The number of halogens is 1. The van der Waals surface area contributed by atoms with Gasteiger partial charge in [0.25, 0.3) is 10.1 Å². The van der Waals surface area contributed by atoms with Crippen molar-refractivity contribution < 1.29 is 26.5 Å². The Balaban J connectivity index is 2.45. The topological polar surface area (TPSA) is 69.7 Å². The molecule has 0 aromatic heterocycles. The predicted molar refractivity (Wildman–Crippen MR) is 44.8 cm³/mol. The lowest BCUT2D eigenvalue weighted by Crippen LogP contribution is -2.21. The van der Waals surface area contributed by atoms with Gasteiger partial charge in [0.05, 0.1) is 19.3 Å². The summed E-state index contributed by atoms with van der Waals surface area (Å²) < 4.78 is 43.1. The predicted octanol–water partition coefficient (Wildman–Crippen LogP) is -0.136. The van der Waals surface area contributed by atoms with Crippen molar-refractivity contribution in [3.63, 3.8) is 0 Å². The van der Waals surface area contributed by atoms with Crippen LogP contribution in [0.1, 0.15) is 6.42 Å². The first-order valence-corrected chi connectivity index (χ1v) is 5.71. The van der Waals surface area contributed by atoms with Gasteiger partial charge in [-0.15, -0.1) is 0 Å². The summed E-state index contributed by atoms with van der Waals surface area (Å²) in [5.41, 5.74) is -1.88. The van der Waals surface area contributed by atoms with Gasteiger partial charge in [0, 0.05) is 6.42 Å². The van der Waals surface area contributed by atoms with E-state index in [0.717, 1.165) is 13.4 Å². The van der Waals surface area contributed by atoms with E-state index in [-0.39, 0.29) is 6.42 Å². The van der Waals surface area contributed by atoms with Crippen molar-refractivity contribution in [1.29, 1.82) is 0 Å². The fourth-order valence-electron chi connectivity index (χ4n) is 1.08. The van der Waals surface area contributed by atoms with E-state index in [1.165, 1.54) is 0 Å². The molecule has 2 unspecified atom stereocenters. The van der Waals surface area contributed by atoms with Gasteiger partial charge in [-0.05, 0) is 0 Å². The van der Waals surface area contributed by atoms with Crippen molar-refractivity contribution in [3.05, 3.63) is 0 Å². The highest BCUT2D eigenvalue weighted by Crippen LogP contribution is 2.48. The number of methoxy groups -OCH3 is 1. The second kappa shape index (κ2) is 3.47. The number of carbonyl (C=O) groups excluding carboxylic acids is 1. The first kappa shape index (κ1) is 11.4. The van der Waals surface area contributed by atoms with E-state index in [2.05, 4.69) is 8.92 Å². The fraction of sp³-hybridized carbons (Fsp3) is 0.857. The molecule has 0 heterocycles. The molecule has 14 heavy (non-hydrogen) atoms. The summed E-state index contributed by atoms with van der Waals surface area (Å²) in [7, 11) is -2.51. The maximum absolute atomic E-state index is 13.4. The molecule has 0 radical (unpaired) electrons. The zero-order chi connectivity index (χ0) is 11.0. The molecule has 0 amide bonds. The third-order valence-electron chi connectivity index (χ3n) is 2.01. The minimum absolute atomic E-state index is 0.0464. The average molecular weight is 226 g/mol. The molecule has 1 aliphatic carbocycles. The van der Waals surface area contributed by atoms with Gasteiger partial charge in [-0.3, -0.25) is 8.98 Å². The molecule has 5 nitrogen and oxygen atoms in total. The number of rotatable bonds is 4. The van der Waals surface area contributed by atoms with Crippen molar-refractivity contribution in [1.82, 2.24) is 0 Å². The van der Waals surface area contributed by atoms with Gasteiger partial charge in [0.15, 0.2) is 0 Å². The SMILES string of the molecule is COC(=O)C1CC1(F)COS(C)(=O)=O. The number of carbonyl (C=O) groups is 1. The maximum atomic E-state index is 13.4. The summed E-state index contributed by atoms with van der Waals surface area (Å²) in [4.78, 5) is 10.8. The minimum atomic E-state index is -3.67. The third-order valence-corrected chi connectivity index (χ3v) is 2.55. The Bertz CT molecular complexity index is 338. The molecule has 2 atom stereocenters. The van der Waals surface area contributed by atoms with Gasteiger partial charge < -0.3 is 4.74 Å². The van der Waals surface area contributed by atoms with Gasteiger partial charge in [0.2, 0.25) is 0 Å². The van der Waals surface area contributed by atoms with E-state index in [4.69, 9.17) is 0 Å². The lowest BCUT2D eigenvalue weighted by molar-refractivity contribution is -0.143. The first-order chi connectivity index (χ1) is 6.28. The third kappa shape index (κ3) is 2.65. The highest BCUT2D eigenvalue weighted by molar-refractivity contribution is 7.85. The molecule has 1 saturated carbocycles. The molecule has 1 rings (SSSR count). The van der Waals surface area contributed by atoms with E-state index in [1.54, 1.807) is 0 Å². The zero-order valence-corrected chi connectivity index (χ0v) is 8.64. The van der Waals surface area contributed by atoms with Crippen LogP contribution in [0.25, 0.3) is 0 Å². The van der Waals surface area contributed by atoms with E-state index in [9.17, 15) is 17.6 Å². The number of alkyl halides is 1. The summed E-state index contributed by atoms with van der Waals surface area (Å²) >= 11 is 0. The number of hydrogen-bond acceptors (Lipinski definition) is 5. The Morgan fingerprint density at radius 2 is 2.21 bits per heavy atom. The molecule has 0 saturated heterocycles. The van der Waals surface area contributed by atoms with Crippen molar-refractivity contribution >= 4 is 16.1 Å². The standard InChI is InChI=1S/C7H11FO5S/c1-12-6(9)5-3-7(5,8)4-13-14(2,10)11/h5H,3-4H2,1-2H3. The summed E-state index contributed by atoms with van der Waals surface area (Å²) in [6.07, 6.45) is 0.779. The molecule has 0 aliphatic heterocycles. The monoisotopic (exact) mass is 226 g/mol. The van der Waals surface area contributed by atoms with Crippen LogP contribution in [0, 0.1) is 5.92 Å². The van der Waals surface area contributed by atoms with Crippen LogP contribution in [0.3, 0.4) is 0 Å². The molecule has 0 bridgehead atoms. The largest absolute Gasteiger partial charge is 0.469 e. The lowest BCUT2D eigenvalue weighted by Gasteiger charge is -2.05. The highest BCUT2D eigenvalue weighted by atomic mass is 32.2. The van der Waals surface area contributed by atoms with Crippen LogP contribution in [-0.2, 0) is 23.8 Å². The van der Waals surface area contributed by atoms with Crippen LogP contribution in [0.4, 0.5) is 4.39 Å². The Morgan fingerprint density at radius 1 is 1.64 bits per heavy atom. The van der Waals surface area contributed by atoms with E-state index in [0.29, 0.717) is 0 Å². The lowest BCUT2D eigenvalue weighted by atomic mass is 10.3. The van der Waals surface area contributed by atoms with Crippen LogP contribution in [0.15, 0.2) is 0 Å². The average Bonchev–Trinajstić information content (AvgIpc) is 2.73. The second-order valence-electron chi connectivity index (χ2n) is 3.28. The van der Waals surface area contributed by atoms with Gasteiger partial charge in [-0.2, -0.15) is 8.42 Å². The molecule has 1 fully saturated rings. The second-order valence-corrected chi connectivity index (χ2v) is 4.92. The van der Waals surface area contributed by atoms with Crippen molar-refractivity contribution in [3.8, 4) is 0 Å². The Kier molecular flexibility index (Phi) is 2.82. The van der Waals surface area contributed by atoms with Crippen LogP contribution in [0.2, 0.25) is 0 Å². The van der Waals surface area contributed by atoms with Crippen LogP contribution in [-0.4, -0.2) is 40.0 Å². The molecular formula is C7H11FO5S. The van der Waals surface area contributed by atoms with Gasteiger partial charge >= 0.3 is 5.97 Å².